The van der Waals surface area contributed by atoms with E-state index in [2.05, 4.69) is 15.3 Å². The third-order valence-corrected chi connectivity index (χ3v) is 5.53. The number of aromatic amines is 1. The van der Waals surface area contributed by atoms with E-state index in [4.69, 9.17) is 4.74 Å². The van der Waals surface area contributed by atoms with Crippen LogP contribution in [0.15, 0.2) is 42.6 Å². The van der Waals surface area contributed by atoms with Crippen LogP contribution in [0.4, 0.5) is 13.2 Å². The van der Waals surface area contributed by atoms with Crippen LogP contribution in [0.2, 0.25) is 0 Å². The third-order valence-electron chi connectivity index (χ3n) is 5.53. The Morgan fingerprint density at radius 1 is 1.28 bits per heavy atom. The molecule has 0 saturated carbocycles. The lowest BCUT2D eigenvalue weighted by molar-refractivity contribution is -0.137. The first kappa shape index (κ1) is 21.9. The third kappa shape index (κ3) is 4.95. The standard InChI is InChI=1S/C22H24F3N5O2/c1-2-30-10-7-19(28-30)21(31)29-9-6-15(14-29)20-13-17(26-27-20)8-11-32-18-5-3-4-16(12-18)22(23,24)25/h3-5,7,10,12-13,15H,2,6,8-9,11,14H2,1H3,(H,26,27). The lowest BCUT2D eigenvalue weighted by atomic mass is 10.0. The summed E-state index contributed by atoms with van der Waals surface area (Å²) in [6.45, 7) is 4.11. The normalized spacial score (nSPS) is 16.5. The Morgan fingerprint density at radius 3 is 2.88 bits per heavy atom. The van der Waals surface area contributed by atoms with Crippen molar-refractivity contribution < 1.29 is 22.7 Å². The minimum absolute atomic E-state index is 0.0788. The van der Waals surface area contributed by atoms with Crippen molar-refractivity contribution in [2.75, 3.05) is 19.7 Å². The molecule has 1 N–H and O–H groups in total. The van der Waals surface area contributed by atoms with Gasteiger partial charge in [-0.1, -0.05) is 6.07 Å². The number of benzene rings is 1. The number of nitrogens with zero attached hydrogens (tertiary/aromatic N) is 4. The number of alkyl halides is 3. The zero-order chi connectivity index (χ0) is 22.7. The molecule has 0 bridgehead atoms. The molecule has 1 atom stereocenters. The average Bonchev–Trinajstić information content (AvgIpc) is 3.52. The Kier molecular flexibility index (Phi) is 6.20. The van der Waals surface area contributed by atoms with E-state index in [-0.39, 0.29) is 24.2 Å². The number of hydrogen-bond acceptors (Lipinski definition) is 4. The van der Waals surface area contributed by atoms with Crippen LogP contribution in [0, 0.1) is 0 Å². The van der Waals surface area contributed by atoms with Gasteiger partial charge in [-0.05, 0) is 43.7 Å². The van der Waals surface area contributed by atoms with E-state index in [1.165, 1.54) is 12.1 Å². The quantitative estimate of drug-likeness (QED) is 0.596. The molecule has 1 aliphatic rings. The van der Waals surface area contributed by atoms with Crippen LogP contribution < -0.4 is 4.74 Å². The average molecular weight is 447 g/mol. The van der Waals surface area contributed by atoms with Crippen molar-refractivity contribution in [3.8, 4) is 5.75 Å². The van der Waals surface area contributed by atoms with E-state index in [0.29, 0.717) is 31.7 Å². The summed E-state index contributed by atoms with van der Waals surface area (Å²) in [4.78, 5) is 14.4. The molecule has 170 valence electrons. The number of ether oxygens (including phenoxy) is 1. The number of hydrogen-bond donors (Lipinski definition) is 1. The van der Waals surface area contributed by atoms with Crippen molar-refractivity contribution >= 4 is 5.91 Å². The van der Waals surface area contributed by atoms with E-state index < -0.39 is 11.7 Å². The molecular weight excluding hydrogens is 423 g/mol. The van der Waals surface area contributed by atoms with Gasteiger partial charge in [0, 0.05) is 43.9 Å². The van der Waals surface area contributed by atoms with Gasteiger partial charge in [0.15, 0.2) is 0 Å². The molecule has 0 aliphatic carbocycles. The van der Waals surface area contributed by atoms with Crippen LogP contribution in [0.3, 0.4) is 0 Å². The van der Waals surface area contributed by atoms with E-state index in [1.54, 1.807) is 21.8 Å². The van der Waals surface area contributed by atoms with Crippen molar-refractivity contribution in [3.05, 3.63) is 65.2 Å². The number of aromatic nitrogens is 4. The summed E-state index contributed by atoms with van der Waals surface area (Å²) in [6, 6.07) is 8.49. The number of rotatable bonds is 7. The molecular formula is C22H24F3N5O2. The Labute approximate surface area is 183 Å². The number of likely N-dealkylation sites (tertiary alicyclic amines) is 1. The monoisotopic (exact) mass is 447 g/mol. The number of halogens is 3. The fraction of sp³-hybridized carbons (Fsp3) is 0.409. The van der Waals surface area contributed by atoms with Gasteiger partial charge in [0.25, 0.3) is 5.91 Å². The number of aryl methyl sites for hydroxylation is 1. The molecule has 1 saturated heterocycles. The number of H-pyrrole nitrogens is 1. The highest BCUT2D eigenvalue weighted by molar-refractivity contribution is 5.92. The summed E-state index contributed by atoms with van der Waals surface area (Å²) in [5.74, 6) is 0.224. The first-order valence-electron chi connectivity index (χ1n) is 10.5. The molecule has 1 unspecified atom stereocenters. The molecule has 10 heteroatoms. The molecule has 3 heterocycles. The molecule has 32 heavy (non-hydrogen) atoms. The number of carbonyl (C=O) groups is 1. The maximum atomic E-state index is 12.8. The van der Waals surface area contributed by atoms with Crippen LogP contribution >= 0.6 is 0 Å². The van der Waals surface area contributed by atoms with Crippen LogP contribution in [0.1, 0.15) is 46.7 Å². The molecule has 0 radical (unpaired) electrons. The van der Waals surface area contributed by atoms with Crippen molar-refractivity contribution in [2.45, 2.75) is 38.4 Å². The molecule has 3 aromatic rings. The summed E-state index contributed by atoms with van der Waals surface area (Å²) < 4.78 is 45.6. The van der Waals surface area contributed by atoms with Gasteiger partial charge in [-0.25, -0.2) is 0 Å². The van der Waals surface area contributed by atoms with E-state index in [1.807, 2.05) is 13.0 Å². The Hall–Kier alpha value is -3.30. The minimum Gasteiger partial charge on any atom is -0.493 e. The maximum Gasteiger partial charge on any atom is 0.416 e. The van der Waals surface area contributed by atoms with Crippen LogP contribution in [0.25, 0.3) is 0 Å². The number of nitrogens with one attached hydrogen (secondary N) is 1. The largest absolute Gasteiger partial charge is 0.493 e. The maximum absolute atomic E-state index is 12.8. The van der Waals surface area contributed by atoms with Crippen molar-refractivity contribution in [1.29, 1.82) is 0 Å². The fourth-order valence-electron chi connectivity index (χ4n) is 3.76. The van der Waals surface area contributed by atoms with Crippen LogP contribution in [-0.4, -0.2) is 50.5 Å². The van der Waals surface area contributed by atoms with Gasteiger partial charge in [-0.15, -0.1) is 0 Å². The minimum atomic E-state index is -4.40. The highest BCUT2D eigenvalue weighted by Gasteiger charge is 2.31. The summed E-state index contributed by atoms with van der Waals surface area (Å²) in [7, 11) is 0. The summed E-state index contributed by atoms with van der Waals surface area (Å²) in [5, 5.41) is 11.6. The molecule has 2 aromatic heterocycles. The van der Waals surface area contributed by atoms with E-state index >= 15 is 0 Å². The Balaban J connectivity index is 1.29. The molecule has 1 amide bonds. The zero-order valence-corrected chi connectivity index (χ0v) is 17.6. The SMILES string of the molecule is CCn1ccc(C(=O)N2CCC(c3cc(CCOc4cccc(C(F)(F)F)c4)[nH]n3)C2)n1. The zero-order valence-electron chi connectivity index (χ0n) is 17.6. The molecule has 4 rings (SSSR count). The highest BCUT2D eigenvalue weighted by atomic mass is 19.4. The van der Waals surface area contributed by atoms with E-state index in [9.17, 15) is 18.0 Å². The van der Waals surface area contributed by atoms with Gasteiger partial charge in [-0.2, -0.15) is 23.4 Å². The van der Waals surface area contributed by atoms with E-state index in [0.717, 1.165) is 29.9 Å². The topological polar surface area (TPSA) is 76.0 Å². The second-order valence-electron chi connectivity index (χ2n) is 7.74. The molecule has 1 fully saturated rings. The summed E-state index contributed by atoms with van der Waals surface area (Å²) >= 11 is 0. The molecule has 7 nitrogen and oxygen atoms in total. The fourth-order valence-corrected chi connectivity index (χ4v) is 3.76. The Bertz CT molecular complexity index is 1080. The summed E-state index contributed by atoms with van der Waals surface area (Å²) in [5.41, 5.74) is 1.41. The van der Waals surface area contributed by atoms with Gasteiger partial charge in [-0.3, -0.25) is 14.6 Å². The lowest BCUT2D eigenvalue weighted by Crippen LogP contribution is -2.29. The molecule has 0 spiro atoms. The van der Waals surface area contributed by atoms with Crippen LogP contribution in [0.5, 0.6) is 5.75 Å². The van der Waals surface area contributed by atoms with Gasteiger partial charge < -0.3 is 9.64 Å². The summed E-state index contributed by atoms with van der Waals surface area (Å²) in [6.07, 6.45) is -1.31. The van der Waals surface area contributed by atoms with Gasteiger partial charge in [0.2, 0.25) is 0 Å². The lowest BCUT2D eigenvalue weighted by Gasteiger charge is -2.14. The van der Waals surface area contributed by atoms with Crippen LogP contribution in [-0.2, 0) is 19.1 Å². The van der Waals surface area contributed by atoms with Gasteiger partial charge in [0.05, 0.1) is 17.9 Å². The molecule has 1 aliphatic heterocycles. The first-order chi connectivity index (χ1) is 15.3. The van der Waals surface area contributed by atoms with Crippen molar-refractivity contribution in [1.82, 2.24) is 24.9 Å². The second-order valence-corrected chi connectivity index (χ2v) is 7.74. The van der Waals surface area contributed by atoms with Gasteiger partial charge >= 0.3 is 6.18 Å². The van der Waals surface area contributed by atoms with Crippen molar-refractivity contribution in [2.24, 2.45) is 0 Å². The highest BCUT2D eigenvalue weighted by Crippen LogP contribution is 2.31. The van der Waals surface area contributed by atoms with Crippen molar-refractivity contribution in [3.63, 3.8) is 0 Å². The Morgan fingerprint density at radius 2 is 2.12 bits per heavy atom. The van der Waals surface area contributed by atoms with Gasteiger partial charge in [0.1, 0.15) is 11.4 Å². The second kappa shape index (κ2) is 9.05. The predicted octanol–water partition coefficient (Wildman–Crippen LogP) is 3.90. The molecule has 1 aromatic carbocycles. The number of carbonyl (C=O) groups excluding carboxylic acids is 1. The first-order valence-corrected chi connectivity index (χ1v) is 10.5. The number of amides is 1. The smallest absolute Gasteiger partial charge is 0.416 e. The predicted molar refractivity (Wildman–Crippen MR) is 110 cm³/mol.